The van der Waals surface area contributed by atoms with Gasteiger partial charge in [0.25, 0.3) is 0 Å². The minimum absolute atomic E-state index is 0.00336. The lowest BCUT2D eigenvalue weighted by atomic mass is 10.0. The van der Waals surface area contributed by atoms with Crippen LogP contribution < -0.4 is 4.90 Å². The second-order valence-electron chi connectivity index (χ2n) is 6.50. The lowest BCUT2D eigenvalue weighted by molar-refractivity contribution is -0.137. The molecular weight excluding hydrogens is 412 g/mol. The summed E-state index contributed by atoms with van der Waals surface area (Å²) in [6.45, 7) is 7.27. The molecule has 0 saturated heterocycles. The number of nitrogens with zero attached hydrogens (tertiary/aromatic N) is 3. The van der Waals surface area contributed by atoms with E-state index in [1.807, 2.05) is 0 Å². The number of aliphatic hydroxyl groups is 1. The van der Waals surface area contributed by atoms with Crippen LogP contribution in [-0.2, 0) is 6.18 Å². The van der Waals surface area contributed by atoms with Crippen molar-refractivity contribution in [3.05, 3.63) is 54.6 Å². The fraction of sp³-hybridized carbons (Fsp3) is 0.450. The average Bonchev–Trinajstić information content (AvgIpc) is 2.65. The molecule has 0 radical (unpaired) electrons. The van der Waals surface area contributed by atoms with E-state index < -0.39 is 48.0 Å². The Morgan fingerprint density at radius 1 is 1.13 bits per heavy atom. The van der Waals surface area contributed by atoms with E-state index in [2.05, 4.69) is 13.2 Å². The Balaban J connectivity index is 3.53. The second-order valence-corrected chi connectivity index (χ2v) is 6.50. The molecule has 2 unspecified atom stereocenters. The van der Waals surface area contributed by atoms with Crippen LogP contribution in [0.25, 0.3) is 0 Å². The van der Waals surface area contributed by atoms with E-state index in [-0.39, 0.29) is 19.5 Å². The maximum absolute atomic E-state index is 13.3. The number of benzene rings is 1. The summed E-state index contributed by atoms with van der Waals surface area (Å²) < 4.78 is 79.8. The van der Waals surface area contributed by atoms with Gasteiger partial charge in [-0.25, -0.2) is 0 Å². The van der Waals surface area contributed by atoms with E-state index in [0.29, 0.717) is 11.0 Å². The molecular formula is C20H23F6N3O. The van der Waals surface area contributed by atoms with Gasteiger partial charge in [0.1, 0.15) is 12.8 Å². The quantitative estimate of drug-likeness (QED) is 0.328. The number of hydrogen-bond donors (Lipinski definition) is 1. The van der Waals surface area contributed by atoms with Gasteiger partial charge in [0.2, 0.25) is 0 Å². The van der Waals surface area contributed by atoms with Gasteiger partial charge >= 0.3 is 12.4 Å². The first-order valence-electron chi connectivity index (χ1n) is 8.98. The van der Waals surface area contributed by atoms with Crippen LogP contribution in [0.5, 0.6) is 0 Å². The lowest BCUT2D eigenvalue weighted by Gasteiger charge is -2.40. The monoisotopic (exact) mass is 435 g/mol. The molecule has 10 heteroatoms. The van der Waals surface area contributed by atoms with Crippen LogP contribution in [0.3, 0.4) is 0 Å². The number of halogens is 6. The highest BCUT2D eigenvalue weighted by molar-refractivity contribution is 5.55. The molecule has 0 spiro atoms. The van der Waals surface area contributed by atoms with Crippen molar-refractivity contribution in [2.45, 2.75) is 38.0 Å². The predicted molar refractivity (Wildman–Crippen MR) is 102 cm³/mol. The van der Waals surface area contributed by atoms with Crippen molar-refractivity contribution in [2.24, 2.45) is 0 Å². The van der Waals surface area contributed by atoms with Gasteiger partial charge < -0.3 is 10.0 Å². The molecule has 0 aromatic heterocycles. The molecule has 0 aliphatic heterocycles. The van der Waals surface area contributed by atoms with Crippen LogP contribution in [-0.4, -0.2) is 48.1 Å². The molecule has 30 heavy (non-hydrogen) atoms. The van der Waals surface area contributed by atoms with E-state index in [1.165, 1.54) is 30.0 Å². The van der Waals surface area contributed by atoms with Crippen LogP contribution in [0.15, 0.2) is 43.5 Å². The first-order valence-corrected chi connectivity index (χ1v) is 8.98. The van der Waals surface area contributed by atoms with Gasteiger partial charge in [0.05, 0.1) is 23.2 Å². The molecule has 0 saturated carbocycles. The van der Waals surface area contributed by atoms with Gasteiger partial charge in [-0.05, 0) is 24.6 Å². The van der Waals surface area contributed by atoms with Crippen molar-refractivity contribution in [3.63, 3.8) is 0 Å². The van der Waals surface area contributed by atoms with Crippen LogP contribution in [0.1, 0.15) is 24.5 Å². The van der Waals surface area contributed by atoms with Gasteiger partial charge in [-0.1, -0.05) is 19.1 Å². The topological polar surface area (TPSA) is 50.5 Å². The van der Waals surface area contributed by atoms with E-state index in [1.54, 1.807) is 0 Å². The lowest BCUT2D eigenvalue weighted by Crippen LogP contribution is -2.54. The van der Waals surface area contributed by atoms with Crippen molar-refractivity contribution < 1.29 is 31.4 Å². The SMILES string of the molecule is C=CCN(CC=C)C(O)C(CC)N(CC(F)(F)F)c1ccc(C#N)c(C(F)(F)F)c1. The van der Waals surface area contributed by atoms with E-state index >= 15 is 0 Å². The Morgan fingerprint density at radius 2 is 1.70 bits per heavy atom. The maximum atomic E-state index is 13.3. The highest BCUT2D eigenvalue weighted by Crippen LogP contribution is 2.36. The molecule has 2 atom stereocenters. The third-order valence-corrected chi connectivity index (χ3v) is 4.37. The summed E-state index contributed by atoms with van der Waals surface area (Å²) in [5.74, 6) is 0. The van der Waals surface area contributed by atoms with Gasteiger partial charge in [-0.15, -0.1) is 13.2 Å². The zero-order valence-electron chi connectivity index (χ0n) is 16.3. The third kappa shape index (κ3) is 6.78. The molecule has 0 aliphatic carbocycles. The van der Waals surface area contributed by atoms with Gasteiger partial charge in [0.15, 0.2) is 0 Å². The smallest absolute Gasteiger partial charge is 0.376 e. The Hall–Kier alpha value is -2.51. The van der Waals surface area contributed by atoms with Crippen LogP contribution in [0.2, 0.25) is 0 Å². The summed E-state index contributed by atoms with van der Waals surface area (Å²) in [5.41, 5.74) is -2.44. The molecule has 166 valence electrons. The highest BCUT2D eigenvalue weighted by Gasteiger charge is 2.39. The Labute approximate surface area is 171 Å². The van der Waals surface area contributed by atoms with Gasteiger partial charge in [-0.3, -0.25) is 4.90 Å². The number of anilines is 1. The van der Waals surface area contributed by atoms with Gasteiger partial charge in [0, 0.05) is 18.8 Å². The summed E-state index contributed by atoms with van der Waals surface area (Å²) >= 11 is 0. The highest BCUT2D eigenvalue weighted by atomic mass is 19.4. The van der Waals surface area contributed by atoms with Crippen molar-refractivity contribution in [2.75, 3.05) is 24.5 Å². The summed E-state index contributed by atoms with van der Waals surface area (Å²) in [6, 6.07) is 2.54. The minimum Gasteiger partial charge on any atom is -0.376 e. The normalized spacial score (nSPS) is 14.1. The third-order valence-electron chi connectivity index (χ3n) is 4.37. The fourth-order valence-electron chi connectivity index (χ4n) is 3.09. The number of alkyl halides is 6. The summed E-state index contributed by atoms with van der Waals surface area (Å²) in [4.78, 5) is 2.08. The number of nitriles is 1. The standard InChI is InChI=1S/C20H23F6N3O/c1-4-9-28(10-5-2)18(30)17(6-3)29(13-19(21,22)23)15-8-7-14(12-27)16(11-15)20(24,25)26/h4-5,7-8,11,17-18,30H,1-2,6,9-10,13H2,3H3. The fourth-order valence-corrected chi connectivity index (χ4v) is 3.09. The molecule has 0 heterocycles. The van der Waals surface area contributed by atoms with Crippen molar-refractivity contribution in [1.29, 1.82) is 5.26 Å². The Kier molecular flexibility index (Phi) is 8.93. The van der Waals surface area contributed by atoms with Crippen LogP contribution in [0, 0.1) is 11.3 Å². The van der Waals surface area contributed by atoms with E-state index in [0.717, 1.165) is 12.1 Å². The number of rotatable bonds is 10. The van der Waals surface area contributed by atoms with Crippen molar-refractivity contribution in [1.82, 2.24) is 4.90 Å². The molecule has 0 bridgehead atoms. The van der Waals surface area contributed by atoms with Crippen molar-refractivity contribution >= 4 is 5.69 Å². The Bertz CT molecular complexity index is 759. The van der Waals surface area contributed by atoms with Gasteiger partial charge in [-0.2, -0.15) is 31.6 Å². The molecule has 1 aromatic carbocycles. The zero-order chi connectivity index (χ0) is 23.1. The molecule has 0 aliphatic rings. The largest absolute Gasteiger partial charge is 0.417 e. The molecule has 1 N–H and O–H groups in total. The number of aliphatic hydroxyl groups excluding tert-OH is 1. The average molecular weight is 435 g/mol. The minimum atomic E-state index is -4.93. The first-order chi connectivity index (χ1) is 13.9. The van der Waals surface area contributed by atoms with Crippen molar-refractivity contribution in [3.8, 4) is 6.07 Å². The second kappa shape index (κ2) is 10.5. The van der Waals surface area contributed by atoms with Crippen LogP contribution >= 0.6 is 0 Å². The molecule has 0 amide bonds. The molecule has 4 nitrogen and oxygen atoms in total. The van der Waals surface area contributed by atoms with E-state index in [4.69, 9.17) is 5.26 Å². The first kappa shape index (κ1) is 25.5. The predicted octanol–water partition coefficient (Wildman–Crippen LogP) is 4.72. The molecule has 1 aromatic rings. The summed E-state index contributed by atoms with van der Waals surface area (Å²) in [5, 5.41) is 19.7. The maximum Gasteiger partial charge on any atom is 0.417 e. The Morgan fingerprint density at radius 3 is 2.10 bits per heavy atom. The molecule has 0 fully saturated rings. The summed E-state index contributed by atoms with van der Waals surface area (Å²) in [7, 11) is 0. The summed E-state index contributed by atoms with van der Waals surface area (Å²) in [6.07, 6.45) is -8.24. The van der Waals surface area contributed by atoms with Crippen LogP contribution in [0.4, 0.5) is 32.0 Å². The van der Waals surface area contributed by atoms with E-state index in [9.17, 15) is 31.4 Å². The number of hydrogen-bond acceptors (Lipinski definition) is 4. The molecule has 1 rings (SSSR count). The zero-order valence-corrected chi connectivity index (χ0v) is 16.3.